The van der Waals surface area contributed by atoms with Gasteiger partial charge < -0.3 is 0 Å². The number of benzene rings is 1. The number of carbonyl (C=O) groups excluding carboxylic acids is 1. The summed E-state index contributed by atoms with van der Waals surface area (Å²) in [6, 6.07) is 3.10. The molecule has 0 amide bonds. The molecule has 0 fully saturated rings. The van der Waals surface area contributed by atoms with Crippen LogP contribution >= 0.6 is 0 Å². The lowest BCUT2D eigenvalue weighted by atomic mass is 10.2. The predicted octanol–water partition coefficient (Wildman–Crippen LogP) is 1.80. The van der Waals surface area contributed by atoms with Gasteiger partial charge >= 0.3 is 0 Å². The van der Waals surface area contributed by atoms with Crippen molar-refractivity contribution in [2.75, 3.05) is 0 Å². The van der Waals surface area contributed by atoms with Crippen molar-refractivity contribution in [2.24, 2.45) is 4.99 Å². The second-order valence-corrected chi connectivity index (χ2v) is 2.14. The molecule has 0 aromatic heterocycles. The third kappa shape index (κ3) is 1.97. The highest BCUT2D eigenvalue weighted by molar-refractivity contribution is 5.33. The SMILES string of the molecule is O=C=NCc1ccc(F)cc1F. The van der Waals surface area contributed by atoms with Gasteiger partial charge in [0.1, 0.15) is 11.6 Å². The van der Waals surface area contributed by atoms with E-state index in [0.29, 0.717) is 0 Å². The van der Waals surface area contributed by atoms with E-state index in [9.17, 15) is 13.6 Å². The minimum Gasteiger partial charge on any atom is -0.211 e. The Hall–Kier alpha value is -1.54. The van der Waals surface area contributed by atoms with Crippen molar-refractivity contribution in [3.8, 4) is 0 Å². The molecule has 1 aromatic rings. The van der Waals surface area contributed by atoms with Gasteiger partial charge in [-0.2, -0.15) is 0 Å². The maximum Gasteiger partial charge on any atom is 0.235 e. The fraction of sp³-hybridized carbons (Fsp3) is 0.125. The summed E-state index contributed by atoms with van der Waals surface area (Å²) in [5.41, 5.74) is 0.180. The summed E-state index contributed by atoms with van der Waals surface area (Å²) in [5, 5.41) is 0. The average Bonchev–Trinajstić information content (AvgIpc) is 2.03. The number of rotatable bonds is 2. The third-order valence-corrected chi connectivity index (χ3v) is 1.33. The van der Waals surface area contributed by atoms with Crippen LogP contribution in [0, 0.1) is 11.6 Å². The molecule has 0 aliphatic carbocycles. The van der Waals surface area contributed by atoms with Gasteiger partial charge in [-0.15, -0.1) is 0 Å². The van der Waals surface area contributed by atoms with Crippen LogP contribution in [0.25, 0.3) is 0 Å². The zero-order valence-corrected chi connectivity index (χ0v) is 6.05. The predicted molar refractivity (Wildman–Crippen MR) is 38.2 cm³/mol. The van der Waals surface area contributed by atoms with Crippen LogP contribution in [-0.2, 0) is 11.3 Å². The second-order valence-electron chi connectivity index (χ2n) is 2.14. The number of aliphatic imine (C=N–C) groups is 1. The van der Waals surface area contributed by atoms with Crippen molar-refractivity contribution in [2.45, 2.75) is 6.54 Å². The fourth-order valence-electron chi connectivity index (χ4n) is 0.767. The lowest BCUT2D eigenvalue weighted by Gasteiger charge is -1.96. The molecule has 2 nitrogen and oxygen atoms in total. The Morgan fingerprint density at radius 3 is 2.75 bits per heavy atom. The molecule has 0 aliphatic rings. The average molecular weight is 169 g/mol. The van der Waals surface area contributed by atoms with Gasteiger partial charge in [-0.25, -0.2) is 18.6 Å². The molecule has 0 unspecified atom stereocenters. The highest BCUT2D eigenvalue weighted by Crippen LogP contribution is 2.09. The fourth-order valence-corrected chi connectivity index (χ4v) is 0.767. The Balaban J connectivity index is 2.93. The first kappa shape index (κ1) is 8.56. The van der Waals surface area contributed by atoms with Gasteiger partial charge in [-0.3, -0.25) is 0 Å². The zero-order chi connectivity index (χ0) is 8.97. The number of hydrogen-bond donors (Lipinski definition) is 0. The van der Waals surface area contributed by atoms with Crippen LogP contribution in [0.15, 0.2) is 23.2 Å². The monoisotopic (exact) mass is 169 g/mol. The second kappa shape index (κ2) is 3.74. The maximum atomic E-state index is 12.7. The molecular weight excluding hydrogens is 164 g/mol. The van der Waals surface area contributed by atoms with E-state index in [1.165, 1.54) is 12.1 Å². The van der Waals surface area contributed by atoms with Crippen LogP contribution < -0.4 is 0 Å². The minimum atomic E-state index is -0.700. The molecule has 62 valence electrons. The van der Waals surface area contributed by atoms with Crippen molar-refractivity contribution < 1.29 is 13.6 Å². The summed E-state index contributed by atoms with van der Waals surface area (Å²) in [6.45, 7) is -0.102. The maximum absolute atomic E-state index is 12.7. The summed E-state index contributed by atoms with van der Waals surface area (Å²) in [5.74, 6) is -1.35. The van der Waals surface area contributed by atoms with Crippen molar-refractivity contribution in [1.82, 2.24) is 0 Å². The number of halogens is 2. The van der Waals surface area contributed by atoms with E-state index < -0.39 is 11.6 Å². The van der Waals surface area contributed by atoms with Crippen LogP contribution in [0.4, 0.5) is 8.78 Å². The molecule has 12 heavy (non-hydrogen) atoms. The first-order chi connectivity index (χ1) is 5.74. The van der Waals surface area contributed by atoms with Gasteiger partial charge in [0.05, 0.1) is 6.54 Å². The van der Waals surface area contributed by atoms with Gasteiger partial charge in [-0.1, -0.05) is 6.07 Å². The molecule has 0 N–H and O–H groups in total. The third-order valence-electron chi connectivity index (χ3n) is 1.33. The number of hydrogen-bond acceptors (Lipinski definition) is 2. The molecule has 0 atom stereocenters. The summed E-state index contributed by atoms with van der Waals surface area (Å²) < 4.78 is 25.1. The molecule has 0 aliphatic heterocycles. The molecule has 0 saturated carbocycles. The Morgan fingerprint density at radius 1 is 1.42 bits per heavy atom. The van der Waals surface area contributed by atoms with E-state index in [0.717, 1.165) is 12.1 Å². The van der Waals surface area contributed by atoms with Gasteiger partial charge in [0.15, 0.2) is 0 Å². The molecule has 0 spiro atoms. The molecule has 1 rings (SSSR count). The van der Waals surface area contributed by atoms with E-state index in [1.54, 1.807) is 0 Å². The summed E-state index contributed by atoms with van der Waals surface area (Å²) in [7, 11) is 0. The van der Waals surface area contributed by atoms with E-state index in [-0.39, 0.29) is 12.1 Å². The Kier molecular flexibility index (Phi) is 2.66. The van der Waals surface area contributed by atoms with E-state index >= 15 is 0 Å². The molecule has 1 aromatic carbocycles. The van der Waals surface area contributed by atoms with Crippen LogP contribution in [0.1, 0.15) is 5.56 Å². The Morgan fingerprint density at radius 2 is 2.17 bits per heavy atom. The van der Waals surface area contributed by atoms with Crippen LogP contribution in [0.3, 0.4) is 0 Å². The largest absolute Gasteiger partial charge is 0.235 e. The van der Waals surface area contributed by atoms with Crippen LogP contribution in [0.5, 0.6) is 0 Å². The topological polar surface area (TPSA) is 29.4 Å². The van der Waals surface area contributed by atoms with Crippen molar-refractivity contribution >= 4 is 6.08 Å². The van der Waals surface area contributed by atoms with Crippen molar-refractivity contribution in [1.29, 1.82) is 0 Å². The Bertz CT molecular complexity index is 332. The number of isocyanates is 1. The highest BCUT2D eigenvalue weighted by Gasteiger charge is 2.01. The highest BCUT2D eigenvalue weighted by atomic mass is 19.1. The standard InChI is InChI=1S/C8H5F2NO/c9-7-2-1-6(4-11-5-12)8(10)3-7/h1-3H,4H2. The van der Waals surface area contributed by atoms with Gasteiger partial charge in [0.2, 0.25) is 6.08 Å². The van der Waals surface area contributed by atoms with Gasteiger partial charge in [0, 0.05) is 11.6 Å². The lowest BCUT2D eigenvalue weighted by molar-refractivity contribution is 0.559. The first-order valence-corrected chi connectivity index (χ1v) is 3.21. The zero-order valence-electron chi connectivity index (χ0n) is 6.05. The van der Waals surface area contributed by atoms with Gasteiger partial charge in [-0.05, 0) is 6.07 Å². The molecule has 0 heterocycles. The molecule has 0 bridgehead atoms. The summed E-state index contributed by atoms with van der Waals surface area (Å²) in [6.07, 6.45) is 1.27. The van der Waals surface area contributed by atoms with E-state index in [2.05, 4.69) is 4.99 Å². The quantitative estimate of drug-likeness (QED) is 0.490. The van der Waals surface area contributed by atoms with Gasteiger partial charge in [0.25, 0.3) is 0 Å². The lowest BCUT2D eigenvalue weighted by Crippen LogP contribution is -1.88. The number of nitrogens with zero attached hydrogens (tertiary/aromatic N) is 1. The molecule has 0 radical (unpaired) electrons. The smallest absolute Gasteiger partial charge is 0.211 e. The Labute approximate surface area is 67.5 Å². The molecule has 4 heteroatoms. The molecule has 0 saturated heterocycles. The molecular formula is C8H5F2NO. The van der Waals surface area contributed by atoms with Crippen LogP contribution in [0.2, 0.25) is 0 Å². The van der Waals surface area contributed by atoms with E-state index in [4.69, 9.17) is 0 Å². The van der Waals surface area contributed by atoms with Crippen molar-refractivity contribution in [3.63, 3.8) is 0 Å². The summed E-state index contributed by atoms with van der Waals surface area (Å²) >= 11 is 0. The van der Waals surface area contributed by atoms with E-state index in [1.807, 2.05) is 0 Å². The first-order valence-electron chi connectivity index (χ1n) is 3.21. The summed E-state index contributed by atoms with van der Waals surface area (Å²) in [4.78, 5) is 12.8. The van der Waals surface area contributed by atoms with Crippen LogP contribution in [-0.4, -0.2) is 6.08 Å². The van der Waals surface area contributed by atoms with Crippen molar-refractivity contribution in [3.05, 3.63) is 35.4 Å². The normalized spacial score (nSPS) is 9.17. The minimum absolute atomic E-state index is 0.102.